The summed E-state index contributed by atoms with van der Waals surface area (Å²) in [5, 5.41) is 13.4. The molecule has 0 saturated heterocycles. The van der Waals surface area contributed by atoms with Crippen LogP contribution in [-0.4, -0.2) is 23.5 Å². The van der Waals surface area contributed by atoms with E-state index in [1.54, 1.807) is 27.6 Å². The maximum atomic E-state index is 12.9. The molecule has 8 heteroatoms. The molecule has 0 fully saturated rings. The highest BCUT2D eigenvalue weighted by Gasteiger charge is 2.24. The van der Waals surface area contributed by atoms with Gasteiger partial charge < -0.3 is 15.4 Å². The first-order valence-electron chi connectivity index (χ1n) is 8.25. The van der Waals surface area contributed by atoms with Crippen LogP contribution in [0, 0.1) is 17.2 Å². The molecule has 2 heterocycles. The number of hydrogen-bond acceptors (Lipinski definition) is 6. The first-order chi connectivity index (χ1) is 12.6. The van der Waals surface area contributed by atoms with E-state index in [2.05, 4.69) is 10.8 Å². The summed E-state index contributed by atoms with van der Waals surface area (Å²) in [6.07, 6.45) is 0.812. The lowest BCUT2D eigenvalue weighted by Gasteiger charge is -2.24. The van der Waals surface area contributed by atoms with Gasteiger partial charge in [0.05, 0.1) is 25.8 Å². The van der Waals surface area contributed by atoms with Crippen molar-refractivity contribution in [1.29, 1.82) is 5.26 Å². The molecule has 2 rings (SSSR count). The number of amides is 2. The Morgan fingerprint density at radius 3 is 2.23 bits per heavy atom. The lowest BCUT2D eigenvalue weighted by atomic mass is 10.0. The Morgan fingerprint density at radius 1 is 1.15 bits per heavy atom. The molecule has 2 amide bonds. The minimum Gasteiger partial charge on any atom is -0.450 e. The van der Waals surface area contributed by atoms with Gasteiger partial charge in [0.25, 0.3) is 0 Å². The Balaban J connectivity index is 1.95. The van der Waals surface area contributed by atoms with Gasteiger partial charge in [-0.1, -0.05) is 12.1 Å². The first-order valence-corrected chi connectivity index (χ1v) is 10.0. The molecule has 2 aromatic heterocycles. The highest BCUT2D eigenvalue weighted by Crippen LogP contribution is 2.21. The number of carbonyl (C=O) groups excluding carboxylic acids is 2. The predicted octanol–water partition coefficient (Wildman–Crippen LogP) is 3.74. The van der Waals surface area contributed by atoms with Crippen molar-refractivity contribution in [2.45, 2.75) is 32.4 Å². The lowest BCUT2D eigenvalue weighted by Crippen LogP contribution is -2.34. The van der Waals surface area contributed by atoms with Gasteiger partial charge in [-0.2, -0.15) is 5.26 Å². The van der Waals surface area contributed by atoms with Crippen LogP contribution in [0.4, 0.5) is 4.79 Å². The van der Waals surface area contributed by atoms with Crippen LogP contribution in [0.25, 0.3) is 0 Å². The quantitative estimate of drug-likeness (QED) is 0.624. The molecule has 26 heavy (non-hydrogen) atoms. The summed E-state index contributed by atoms with van der Waals surface area (Å²) < 4.78 is 4.67. The van der Waals surface area contributed by atoms with Gasteiger partial charge in [-0.25, -0.2) is 4.79 Å². The largest absolute Gasteiger partial charge is 0.450 e. The van der Waals surface area contributed by atoms with E-state index in [1.807, 2.05) is 35.0 Å². The molecule has 0 unspecified atom stereocenters. The van der Waals surface area contributed by atoms with Crippen molar-refractivity contribution in [3.05, 3.63) is 44.8 Å². The Kier molecular flexibility index (Phi) is 8.12. The highest BCUT2D eigenvalue weighted by atomic mass is 32.1. The van der Waals surface area contributed by atoms with E-state index in [4.69, 9.17) is 5.73 Å². The van der Waals surface area contributed by atoms with Gasteiger partial charge in [-0.3, -0.25) is 4.79 Å². The number of rotatable bonds is 10. The molecule has 1 atom stereocenters. The third-order valence-corrected chi connectivity index (χ3v) is 5.47. The van der Waals surface area contributed by atoms with Gasteiger partial charge in [-0.15, -0.1) is 22.7 Å². The van der Waals surface area contributed by atoms with Gasteiger partial charge in [-0.05, 0) is 42.2 Å². The number of ether oxygens (including phenoxy) is 1. The average Bonchev–Trinajstić information content (AvgIpc) is 3.30. The number of primary amides is 1. The van der Waals surface area contributed by atoms with Crippen LogP contribution in [0.3, 0.4) is 0 Å². The summed E-state index contributed by atoms with van der Waals surface area (Å²) >= 11 is 3.19. The van der Waals surface area contributed by atoms with Crippen LogP contribution < -0.4 is 5.73 Å². The van der Waals surface area contributed by atoms with E-state index >= 15 is 0 Å². The van der Waals surface area contributed by atoms with Gasteiger partial charge in [0.15, 0.2) is 0 Å². The minimum absolute atomic E-state index is 0.162. The molecule has 2 aromatic rings. The predicted molar refractivity (Wildman–Crippen MR) is 101 cm³/mol. The fourth-order valence-electron chi connectivity index (χ4n) is 2.48. The molecule has 0 bridgehead atoms. The van der Waals surface area contributed by atoms with E-state index in [1.165, 1.54) is 0 Å². The number of nitrogens with two attached hydrogens (primary N) is 1. The summed E-state index contributed by atoms with van der Waals surface area (Å²) in [4.78, 5) is 27.4. The van der Waals surface area contributed by atoms with Crippen molar-refractivity contribution in [3.8, 4) is 6.07 Å². The second-order valence-corrected chi connectivity index (χ2v) is 7.76. The summed E-state index contributed by atoms with van der Waals surface area (Å²) in [6, 6.07) is 10.0. The SMILES string of the molecule is N#C[C@H](CCCCOC(N)=O)C(=O)N(Cc1cccs1)Cc1cccs1. The van der Waals surface area contributed by atoms with Gasteiger partial charge in [0.2, 0.25) is 5.91 Å². The molecule has 0 aliphatic heterocycles. The maximum Gasteiger partial charge on any atom is 0.404 e. The lowest BCUT2D eigenvalue weighted by molar-refractivity contribution is -0.135. The topological polar surface area (TPSA) is 96.4 Å². The van der Waals surface area contributed by atoms with Crippen LogP contribution in [0.2, 0.25) is 0 Å². The van der Waals surface area contributed by atoms with Gasteiger partial charge in [0, 0.05) is 9.75 Å². The van der Waals surface area contributed by atoms with Gasteiger partial charge in [0.1, 0.15) is 5.92 Å². The number of hydrogen-bond donors (Lipinski definition) is 1. The third kappa shape index (κ3) is 6.50. The summed E-state index contributed by atoms with van der Waals surface area (Å²) in [6.45, 7) is 1.20. The zero-order valence-electron chi connectivity index (χ0n) is 14.3. The fourth-order valence-corrected chi connectivity index (χ4v) is 3.92. The van der Waals surface area contributed by atoms with Crippen molar-refractivity contribution in [2.24, 2.45) is 11.7 Å². The van der Waals surface area contributed by atoms with E-state index in [-0.39, 0.29) is 12.5 Å². The van der Waals surface area contributed by atoms with Crippen molar-refractivity contribution >= 4 is 34.7 Å². The zero-order valence-corrected chi connectivity index (χ0v) is 15.9. The highest BCUT2D eigenvalue weighted by molar-refractivity contribution is 7.10. The molecule has 0 spiro atoms. The summed E-state index contributed by atoms with van der Waals surface area (Å²) in [7, 11) is 0. The van der Waals surface area contributed by atoms with E-state index in [9.17, 15) is 14.9 Å². The third-order valence-electron chi connectivity index (χ3n) is 3.75. The number of thiophene rings is 2. The van der Waals surface area contributed by atoms with Crippen molar-refractivity contribution in [3.63, 3.8) is 0 Å². The molecule has 0 aliphatic rings. The number of carbonyl (C=O) groups is 2. The Bertz CT molecular complexity index is 687. The van der Waals surface area contributed by atoms with E-state index < -0.39 is 12.0 Å². The molecule has 0 radical (unpaired) electrons. The Morgan fingerprint density at radius 2 is 1.77 bits per heavy atom. The number of nitriles is 1. The second kappa shape index (κ2) is 10.6. The Labute approximate surface area is 160 Å². The van der Waals surface area contributed by atoms with Crippen molar-refractivity contribution in [1.82, 2.24) is 4.90 Å². The van der Waals surface area contributed by atoms with E-state index in [0.29, 0.717) is 32.4 Å². The van der Waals surface area contributed by atoms with Crippen LogP contribution in [0.15, 0.2) is 35.0 Å². The van der Waals surface area contributed by atoms with Crippen LogP contribution in [-0.2, 0) is 22.6 Å². The maximum absolute atomic E-state index is 12.9. The molecule has 0 saturated carbocycles. The van der Waals surface area contributed by atoms with Crippen LogP contribution in [0.1, 0.15) is 29.0 Å². The molecular weight excluding hydrogens is 370 g/mol. The molecule has 0 aliphatic carbocycles. The number of nitrogens with zero attached hydrogens (tertiary/aromatic N) is 2. The fraction of sp³-hybridized carbons (Fsp3) is 0.389. The summed E-state index contributed by atoms with van der Waals surface area (Å²) in [5.41, 5.74) is 4.91. The van der Waals surface area contributed by atoms with Crippen LogP contribution in [0.5, 0.6) is 0 Å². The zero-order chi connectivity index (χ0) is 18.8. The Hall–Kier alpha value is -2.37. The second-order valence-electron chi connectivity index (χ2n) is 5.70. The molecule has 138 valence electrons. The smallest absolute Gasteiger partial charge is 0.404 e. The van der Waals surface area contributed by atoms with E-state index in [0.717, 1.165) is 9.75 Å². The minimum atomic E-state index is -0.809. The average molecular weight is 392 g/mol. The van der Waals surface area contributed by atoms with Crippen molar-refractivity contribution in [2.75, 3.05) is 6.61 Å². The normalized spacial score (nSPS) is 11.5. The standard InChI is InChI=1S/C18H21N3O3S2/c19-11-14(5-1-2-8-24-18(20)23)17(22)21(12-15-6-3-9-25-15)13-16-7-4-10-26-16/h3-4,6-7,9-10,14H,1-2,5,8,12-13H2,(H2,20,23)/t14-/m0/s1. The summed E-state index contributed by atoms with van der Waals surface area (Å²) in [5.74, 6) is -0.867. The molecular formula is C18H21N3O3S2. The molecule has 0 aromatic carbocycles. The molecule has 6 nitrogen and oxygen atoms in total. The molecule has 2 N–H and O–H groups in total. The van der Waals surface area contributed by atoms with Gasteiger partial charge >= 0.3 is 6.09 Å². The first kappa shape index (κ1) is 19.9. The monoisotopic (exact) mass is 391 g/mol. The van der Waals surface area contributed by atoms with Crippen molar-refractivity contribution < 1.29 is 14.3 Å². The van der Waals surface area contributed by atoms with Crippen LogP contribution >= 0.6 is 22.7 Å². The number of unbranched alkanes of at least 4 members (excludes halogenated alkanes) is 1.